The molecule has 0 amide bonds. The molecule has 0 radical (unpaired) electrons. The maximum absolute atomic E-state index is 11.6. The van der Waals surface area contributed by atoms with Crippen molar-refractivity contribution in [3.63, 3.8) is 0 Å². The van der Waals surface area contributed by atoms with Gasteiger partial charge < -0.3 is 14.7 Å². The van der Waals surface area contributed by atoms with Crippen molar-refractivity contribution < 1.29 is 14.6 Å². The van der Waals surface area contributed by atoms with Gasteiger partial charge in [0.05, 0.1) is 11.3 Å². The number of pyridine rings is 1. The van der Waals surface area contributed by atoms with Gasteiger partial charge in [-0.2, -0.15) is 0 Å². The van der Waals surface area contributed by atoms with Crippen LogP contribution in [0.2, 0.25) is 5.02 Å². The quantitative estimate of drug-likeness (QED) is 0.489. The van der Waals surface area contributed by atoms with Gasteiger partial charge in [-0.15, -0.1) is 0 Å². The number of aromatic carboxylic acids is 1. The zero-order valence-corrected chi connectivity index (χ0v) is 19.7. The predicted molar refractivity (Wildman–Crippen MR) is 134 cm³/mol. The average Bonchev–Trinajstić information content (AvgIpc) is 3.02. The molecule has 1 N–H and O–H groups in total. The van der Waals surface area contributed by atoms with Crippen molar-refractivity contribution in [1.29, 1.82) is 0 Å². The van der Waals surface area contributed by atoms with E-state index in [4.69, 9.17) is 16.3 Å². The maximum atomic E-state index is 11.6. The van der Waals surface area contributed by atoms with Crippen molar-refractivity contribution in [3.8, 4) is 5.75 Å². The summed E-state index contributed by atoms with van der Waals surface area (Å²) in [4.78, 5) is 18.6. The lowest BCUT2D eigenvalue weighted by Crippen LogP contribution is -2.33. The molecule has 0 aliphatic carbocycles. The number of nitrogens with zero attached hydrogens (tertiary/aromatic N) is 2. The Balaban J connectivity index is 1.32. The smallest absolute Gasteiger partial charge is 0.335 e. The molecule has 174 valence electrons. The Morgan fingerprint density at radius 2 is 1.91 bits per heavy atom. The van der Waals surface area contributed by atoms with Crippen LogP contribution < -0.4 is 4.74 Å². The number of hydrogen-bond donors (Lipinski definition) is 1. The molecule has 3 aromatic rings. The number of piperidine rings is 1. The van der Waals surface area contributed by atoms with Gasteiger partial charge in [0.2, 0.25) is 0 Å². The molecule has 0 bridgehead atoms. The van der Waals surface area contributed by atoms with Crippen LogP contribution in [0.25, 0.3) is 5.57 Å². The minimum absolute atomic E-state index is 0.255. The van der Waals surface area contributed by atoms with E-state index in [0.717, 1.165) is 66.3 Å². The van der Waals surface area contributed by atoms with Gasteiger partial charge in [0.15, 0.2) is 0 Å². The Labute approximate surface area is 204 Å². The normalized spacial score (nSPS) is 17.5. The number of aromatic nitrogens is 1. The number of benzene rings is 2. The summed E-state index contributed by atoms with van der Waals surface area (Å²) in [7, 11) is 0. The van der Waals surface area contributed by atoms with Crippen LogP contribution in [-0.2, 0) is 6.61 Å². The maximum Gasteiger partial charge on any atom is 0.335 e. The largest absolute Gasteiger partial charge is 0.487 e. The Hall–Kier alpha value is -3.15. The monoisotopic (exact) mass is 474 g/mol. The van der Waals surface area contributed by atoms with Gasteiger partial charge in [-0.1, -0.05) is 35.9 Å². The first-order valence-electron chi connectivity index (χ1n) is 11.7. The van der Waals surface area contributed by atoms with Gasteiger partial charge in [-0.05, 0) is 85.8 Å². The lowest BCUT2D eigenvalue weighted by atomic mass is 9.89. The van der Waals surface area contributed by atoms with Gasteiger partial charge in [0, 0.05) is 28.9 Å². The van der Waals surface area contributed by atoms with Crippen LogP contribution in [0.5, 0.6) is 5.75 Å². The number of hydrogen-bond acceptors (Lipinski definition) is 4. The summed E-state index contributed by atoms with van der Waals surface area (Å²) in [5.74, 6) is 0.338. The zero-order chi connectivity index (χ0) is 23.5. The number of carboxylic acid groups (broad SMARTS) is 1. The number of ether oxygens (including phenoxy) is 1. The third-order valence-electron chi connectivity index (χ3n) is 6.78. The van der Waals surface area contributed by atoms with Crippen LogP contribution >= 0.6 is 11.6 Å². The van der Waals surface area contributed by atoms with E-state index in [0.29, 0.717) is 18.3 Å². The number of carboxylic acids is 1. The molecule has 5 nitrogen and oxygen atoms in total. The molecular weight excluding hydrogens is 448 g/mol. The molecule has 1 saturated heterocycles. The van der Waals surface area contributed by atoms with Crippen LogP contribution in [0.15, 0.2) is 66.9 Å². The van der Waals surface area contributed by atoms with Crippen molar-refractivity contribution in [2.75, 3.05) is 19.6 Å². The van der Waals surface area contributed by atoms with Gasteiger partial charge in [0.1, 0.15) is 12.4 Å². The third kappa shape index (κ3) is 4.86. The first kappa shape index (κ1) is 22.6. The van der Waals surface area contributed by atoms with Crippen LogP contribution in [0.1, 0.15) is 57.9 Å². The molecule has 0 atom stereocenters. The Bertz CT molecular complexity index is 1210. The summed E-state index contributed by atoms with van der Waals surface area (Å²) in [6, 6.07) is 17.3. The van der Waals surface area contributed by atoms with E-state index in [2.05, 4.69) is 28.1 Å². The minimum Gasteiger partial charge on any atom is -0.487 e. The van der Waals surface area contributed by atoms with Gasteiger partial charge in [-0.3, -0.25) is 4.98 Å². The number of fused-ring (bicyclic) bond motifs is 2. The Morgan fingerprint density at radius 3 is 2.68 bits per heavy atom. The molecule has 3 heterocycles. The molecule has 1 fully saturated rings. The minimum atomic E-state index is -0.943. The predicted octanol–water partition coefficient (Wildman–Crippen LogP) is 6.03. The molecule has 0 spiro atoms. The summed E-state index contributed by atoms with van der Waals surface area (Å²) < 4.78 is 5.98. The Kier molecular flexibility index (Phi) is 6.66. The molecule has 2 aliphatic heterocycles. The highest BCUT2D eigenvalue weighted by molar-refractivity contribution is 6.30. The molecule has 0 unspecified atom stereocenters. The molecule has 34 heavy (non-hydrogen) atoms. The standard InChI is InChI=1S/C28H27ClN2O3/c29-22-8-5-19(6-9-22)20-11-15-31(16-12-20)14-2-4-23-24-3-1-13-30-26(24)18-34-27-10-7-21(28(32)33)17-25(23)27/h1,3-10,13,17,20H,2,11-12,14-16,18H2,(H,32,33). The lowest BCUT2D eigenvalue weighted by Gasteiger charge is -2.32. The van der Waals surface area contributed by atoms with Crippen molar-refractivity contribution >= 4 is 23.1 Å². The third-order valence-corrected chi connectivity index (χ3v) is 7.04. The van der Waals surface area contributed by atoms with E-state index in [1.54, 1.807) is 24.4 Å². The van der Waals surface area contributed by atoms with E-state index in [-0.39, 0.29) is 5.56 Å². The number of likely N-dealkylation sites (tertiary alicyclic amines) is 1. The van der Waals surface area contributed by atoms with Gasteiger partial charge in [0.25, 0.3) is 0 Å². The average molecular weight is 475 g/mol. The second-order valence-electron chi connectivity index (χ2n) is 8.88. The van der Waals surface area contributed by atoms with E-state index < -0.39 is 5.97 Å². The summed E-state index contributed by atoms with van der Waals surface area (Å²) in [5.41, 5.74) is 5.31. The van der Waals surface area contributed by atoms with Crippen LogP contribution in [0.3, 0.4) is 0 Å². The first-order chi connectivity index (χ1) is 16.6. The fraction of sp³-hybridized carbons (Fsp3) is 0.286. The number of rotatable bonds is 5. The van der Waals surface area contributed by atoms with Crippen LogP contribution in [-0.4, -0.2) is 40.6 Å². The SMILES string of the molecule is O=C(O)c1ccc2c(c1)C(=CCCN1CCC(c3ccc(Cl)cc3)CC1)c1cccnc1CO2. The van der Waals surface area contributed by atoms with Crippen LogP contribution in [0.4, 0.5) is 0 Å². The first-order valence-corrected chi connectivity index (χ1v) is 12.1. The lowest BCUT2D eigenvalue weighted by molar-refractivity contribution is 0.0697. The second-order valence-corrected chi connectivity index (χ2v) is 9.31. The molecule has 6 heteroatoms. The Morgan fingerprint density at radius 1 is 1.12 bits per heavy atom. The van der Waals surface area contributed by atoms with Gasteiger partial charge >= 0.3 is 5.97 Å². The molecular formula is C28H27ClN2O3. The topological polar surface area (TPSA) is 62.7 Å². The van der Waals surface area contributed by atoms with Crippen LogP contribution in [0, 0.1) is 0 Å². The highest BCUT2D eigenvalue weighted by atomic mass is 35.5. The molecule has 2 aliphatic rings. The van der Waals surface area contributed by atoms with Crippen molar-refractivity contribution in [1.82, 2.24) is 9.88 Å². The van der Waals surface area contributed by atoms with E-state index >= 15 is 0 Å². The van der Waals surface area contributed by atoms with E-state index in [1.807, 2.05) is 24.3 Å². The summed E-state index contributed by atoms with van der Waals surface area (Å²) in [6.07, 6.45) is 7.13. The van der Waals surface area contributed by atoms with Gasteiger partial charge in [-0.25, -0.2) is 4.79 Å². The van der Waals surface area contributed by atoms with E-state index in [9.17, 15) is 9.90 Å². The van der Waals surface area contributed by atoms with Crippen molar-refractivity contribution in [2.24, 2.45) is 0 Å². The molecule has 5 rings (SSSR count). The number of halogens is 1. The van der Waals surface area contributed by atoms with Crippen molar-refractivity contribution in [2.45, 2.75) is 31.8 Å². The summed E-state index contributed by atoms with van der Waals surface area (Å²) >= 11 is 6.04. The molecule has 0 saturated carbocycles. The highest BCUT2D eigenvalue weighted by Crippen LogP contribution is 2.37. The molecule has 1 aromatic heterocycles. The van der Waals surface area contributed by atoms with E-state index in [1.165, 1.54) is 5.56 Å². The molecule has 2 aromatic carbocycles. The fourth-order valence-electron chi connectivity index (χ4n) is 4.93. The second kappa shape index (κ2) is 10.00. The number of carbonyl (C=O) groups is 1. The van der Waals surface area contributed by atoms with Crippen molar-refractivity contribution in [3.05, 3.63) is 99.8 Å². The summed E-state index contributed by atoms with van der Waals surface area (Å²) in [6.45, 7) is 3.46. The highest BCUT2D eigenvalue weighted by Gasteiger charge is 2.23. The zero-order valence-electron chi connectivity index (χ0n) is 18.9. The fourth-order valence-corrected chi connectivity index (χ4v) is 5.05. The summed E-state index contributed by atoms with van der Waals surface area (Å²) in [5, 5.41) is 10.3.